The summed E-state index contributed by atoms with van der Waals surface area (Å²) in [5, 5.41) is 1.13. The van der Waals surface area contributed by atoms with E-state index in [2.05, 4.69) is 28.1 Å². The van der Waals surface area contributed by atoms with E-state index in [0.717, 1.165) is 34.0 Å². The molecule has 1 aromatic carbocycles. The number of piperidine rings is 1. The van der Waals surface area contributed by atoms with Crippen LogP contribution in [0, 0.1) is 5.92 Å². The van der Waals surface area contributed by atoms with Gasteiger partial charge in [0.05, 0.1) is 0 Å². The van der Waals surface area contributed by atoms with Crippen LogP contribution in [0.5, 0.6) is 0 Å². The number of likely N-dealkylation sites (tertiary alicyclic amines) is 1. The number of aromatic nitrogens is 2. The third-order valence-electron chi connectivity index (χ3n) is 5.87. The molecule has 0 spiro atoms. The zero-order chi connectivity index (χ0) is 18.5. The van der Waals surface area contributed by atoms with Gasteiger partial charge < -0.3 is 14.0 Å². The molecule has 138 valence electrons. The first-order valence-electron chi connectivity index (χ1n) is 9.30. The lowest BCUT2D eigenvalue weighted by Gasteiger charge is -2.42. The largest absolute Gasteiger partial charge is 0.340 e. The second kappa shape index (κ2) is 6.37. The fourth-order valence-electron chi connectivity index (χ4n) is 4.64. The molecule has 2 aliphatic rings. The Labute approximate surface area is 165 Å². The molecule has 2 aliphatic heterocycles. The zero-order valence-corrected chi connectivity index (χ0v) is 16.4. The summed E-state index contributed by atoms with van der Waals surface area (Å²) < 4.78 is 4.93. The number of benzene rings is 1. The van der Waals surface area contributed by atoms with Crippen LogP contribution in [0.25, 0.3) is 10.9 Å². The van der Waals surface area contributed by atoms with E-state index >= 15 is 0 Å². The first-order chi connectivity index (χ1) is 13.1. The number of pyridine rings is 1. The number of rotatable bonds is 2. The van der Waals surface area contributed by atoms with Crippen LogP contribution in [0.1, 0.15) is 18.0 Å². The Kier molecular flexibility index (Phi) is 3.97. The second-order valence-corrected chi connectivity index (χ2v) is 8.56. The van der Waals surface area contributed by atoms with Crippen molar-refractivity contribution in [3.05, 3.63) is 69.2 Å². The van der Waals surface area contributed by atoms with Gasteiger partial charge in [0.1, 0.15) is 6.54 Å². The van der Waals surface area contributed by atoms with Gasteiger partial charge in [-0.05, 0) is 42.0 Å². The van der Waals surface area contributed by atoms with Gasteiger partial charge in [-0.1, -0.05) is 28.1 Å². The van der Waals surface area contributed by atoms with Crippen LogP contribution in [0.4, 0.5) is 0 Å². The van der Waals surface area contributed by atoms with E-state index in [1.165, 1.54) is 0 Å². The van der Waals surface area contributed by atoms with E-state index < -0.39 is 0 Å². The predicted molar refractivity (Wildman–Crippen MR) is 108 cm³/mol. The molecule has 0 unspecified atom stereocenters. The van der Waals surface area contributed by atoms with Crippen molar-refractivity contribution in [3.63, 3.8) is 0 Å². The molecule has 2 bridgehead atoms. The SMILES string of the molecule is O=C(Cn1ccc2ccc(Br)cc21)N1C[C@H]2C[C@H](C1)c1cccc(=O)n1C2. The summed E-state index contributed by atoms with van der Waals surface area (Å²) >= 11 is 3.51. The molecule has 1 fully saturated rings. The van der Waals surface area contributed by atoms with E-state index in [9.17, 15) is 9.59 Å². The van der Waals surface area contributed by atoms with Crippen LogP contribution < -0.4 is 5.56 Å². The van der Waals surface area contributed by atoms with E-state index in [0.29, 0.717) is 25.6 Å². The third-order valence-corrected chi connectivity index (χ3v) is 6.37. The average Bonchev–Trinajstić information content (AvgIpc) is 3.04. The van der Waals surface area contributed by atoms with Crippen molar-refractivity contribution >= 4 is 32.7 Å². The van der Waals surface area contributed by atoms with Crippen molar-refractivity contribution in [2.45, 2.75) is 25.4 Å². The minimum atomic E-state index is 0.0753. The van der Waals surface area contributed by atoms with Gasteiger partial charge in [0, 0.05) is 53.5 Å². The van der Waals surface area contributed by atoms with Crippen molar-refractivity contribution in [2.75, 3.05) is 13.1 Å². The van der Waals surface area contributed by atoms with E-state index in [1.807, 2.05) is 44.5 Å². The van der Waals surface area contributed by atoms with Gasteiger partial charge in [-0.2, -0.15) is 0 Å². The maximum atomic E-state index is 13.0. The highest BCUT2D eigenvalue weighted by Gasteiger charge is 2.36. The lowest BCUT2D eigenvalue weighted by atomic mass is 9.83. The van der Waals surface area contributed by atoms with Gasteiger partial charge in [0.25, 0.3) is 5.56 Å². The smallest absolute Gasteiger partial charge is 0.250 e. The number of carbonyl (C=O) groups is 1. The molecule has 27 heavy (non-hydrogen) atoms. The van der Waals surface area contributed by atoms with Crippen LogP contribution in [-0.2, 0) is 17.9 Å². The molecule has 5 rings (SSSR count). The summed E-state index contributed by atoms with van der Waals surface area (Å²) in [7, 11) is 0. The molecule has 2 atom stereocenters. The van der Waals surface area contributed by atoms with E-state index in [1.54, 1.807) is 6.07 Å². The Bertz CT molecular complexity index is 1100. The van der Waals surface area contributed by atoms with Crippen LogP contribution in [0.15, 0.2) is 57.9 Å². The Balaban J connectivity index is 1.39. The zero-order valence-electron chi connectivity index (χ0n) is 14.8. The Morgan fingerprint density at radius 3 is 2.89 bits per heavy atom. The first-order valence-corrected chi connectivity index (χ1v) is 10.1. The normalized spacial score (nSPS) is 21.3. The molecule has 4 heterocycles. The topological polar surface area (TPSA) is 47.2 Å². The molecule has 2 aromatic heterocycles. The van der Waals surface area contributed by atoms with Gasteiger partial charge in [-0.25, -0.2) is 0 Å². The van der Waals surface area contributed by atoms with Crippen LogP contribution in [0.3, 0.4) is 0 Å². The Hall–Kier alpha value is -2.34. The Morgan fingerprint density at radius 1 is 1.11 bits per heavy atom. The summed E-state index contributed by atoms with van der Waals surface area (Å²) in [5.74, 6) is 0.760. The lowest BCUT2D eigenvalue weighted by Crippen LogP contribution is -2.49. The monoisotopic (exact) mass is 425 g/mol. The standard InChI is InChI=1S/C21H20BrN3O2/c22-17-5-4-15-6-7-23(19(15)9-17)13-21(27)24-10-14-8-16(12-24)18-2-1-3-20(26)25(18)11-14/h1-7,9,14,16H,8,10-13H2/t14-,16-/m1/s1. The van der Waals surface area contributed by atoms with Crippen molar-refractivity contribution in [1.29, 1.82) is 0 Å². The molecular weight excluding hydrogens is 406 g/mol. The quantitative estimate of drug-likeness (QED) is 0.632. The lowest BCUT2D eigenvalue weighted by molar-refractivity contribution is -0.134. The highest BCUT2D eigenvalue weighted by atomic mass is 79.9. The van der Waals surface area contributed by atoms with Crippen LogP contribution in [0.2, 0.25) is 0 Å². The highest BCUT2D eigenvalue weighted by Crippen LogP contribution is 2.35. The van der Waals surface area contributed by atoms with Gasteiger partial charge in [0.15, 0.2) is 0 Å². The second-order valence-electron chi connectivity index (χ2n) is 7.64. The van der Waals surface area contributed by atoms with Gasteiger partial charge in [0.2, 0.25) is 5.91 Å². The van der Waals surface area contributed by atoms with Crippen LogP contribution >= 0.6 is 15.9 Å². The highest BCUT2D eigenvalue weighted by molar-refractivity contribution is 9.10. The summed E-state index contributed by atoms with van der Waals surface area (Å²) in [5.41, 5.74) is 2.21. The van der Waals surface area contributed by atoms with Crippen molar-refractivity contribution in [2.24, 2.45) is 5.92 Å². The number of fused-ring (bicyclic) bond motifs is 5. The fourth-order valence-corrected chi connectivity index (χ4v) is 4.99. The third kappa shape index (κ3) is 2.92. The van der Waals surface area contributed by atoms with Crippen molar-refractivity contribution in [1.82, 2.24) is 14.0 Å². The fraction of sp³-hybridized carbons (Fsp3) is 0.333. The first kappa shape index (κ1) is 16.8. The number of amides is 1. The van der Waals surface area contributed by atoms with Gasteiger partial charge in [-0.15, -0.1) is 0 Å². The van der Waals surface area contributed by atoms with E-state index in [-0.39, 0.29) is 17.4 Å². The molecule has 0 N–H and O–H groups in total. The summed E-state index contributed by atoms with van der Waals surface area (Å²) in [6.45, 7) is 2.50. The van der Waals surface area contributed by atoms with Gasteiger partial charge in [-0.3, -0.25) is 9.59 Å². The molecule has 1 amide bonds. The maximum Gasteiger partial charge on any atom is 0.250 e. The van der Waals surface area contributed by atoms with Crippen molar-refractivity contribution < 1.29 is 4.79 Å². The average molecular weight is 426 g/mol. The van der Waals surface area contributed by atoms with E-state index in [4.69, 9.17) is 0 Å². The summed E-state index contributed by atoms with van der Waals surface area (Å²) in [6.07, 6.45) is 3.04. The number of hydrogen-bond acceptors (Lipinski definition) is 2. The molecule has 5 nitrogen and oxygen atoms in total. The molecule has 0 saturated carbocycles. The number of hydrogen-bond donors (Lipinski definition) is 0. The summed E-state index contributed by atoms with van der Waals surface area (Å²) in [4.78, 5) is 27.2. The predicted octanol–water partition coefficient (Wildman–Crippen LogP) is 3.21. The molecule has 0 radical (unpaired) electrons. The maximum absolute atomic E-state index is 13.0. The van der Waals surface area contributed by atoms with Gasteiger partial charge >= 0.3 is 0 Å². The minimum absolute atomic E-state index is 0.0753. The number of nitrogens with zero attached hydrogens (tertiary/aromatic N) is 3. The molecular formula is C21H20BrN3O2. The molecule has 6 heteroatoms. The number of halogens is 1. The molecule has 3 aromatic rings. The van der Waals surface area contributed by atoms with Crippen LogP contribution in [-0.4, -0.2) is 33.0 Å². The molecule has 0 aliphatic carbocycles. The summed E-state index contributed by atoms with van der Waals surface area (Å²) in [6, 6.07) is 13.7. The Morgan fingerprint density at radius 2 is 2.00 bits per heavy atom. The molecule has 1 saturated heterocycles. The number of carbonyl (C=O) groups excluding carboxylic acids is 1. The minimum Gasteiger partial charge on any atom is -0.340 e. The van der Waals surface area contributed by atoms with Crippen molar-refractivity contribution in [3.8, 4) is 0 Å².